The minimum Gasteiger partial charge on any atom is -0.381 e. The van der Waals surface area contributed by atoms with Crippen LogP contribution in [0.1, 0.15) is 45.1 Å². The Morgan fingerprint density at radius 2 is 1.93 bits per heavy atom. The summed E-state index contributed by atoms with van der Waals surface area (Å²) in [7, 11) is 0. The second-order valence-corrected chi connectivity index (χ2v) is 8.71. The number of nitrogens with one attached hydrogen (secondary N) is 2. The predicted molar refractivity (Wildman–Crippen MR) is 112 cm³/mol. The Bertz CT molecular complexity index is 788. The minimum absolute atomic E-state index is 0.231. The van der Waals surface area contributed by atoms with E-state index < -0.39 is 11.6 Å². The third-order valence-electron chi connectivity index (χ3n) is 6.27. The Hall–Kier alpha value is -1.93. The number of carbonyl (C=O) groups excluding carboxylic acids is 3. The zero-order chi connectivity index (χ0) is 21.1. The standard InChI is InChI=1S/C21H28BrN3O4/c1-3-21(4-2)18(27)25(19(28)24-21)13-17(26)23-14-20(8-10-29-11-9-20)15-6-5-7-16(22)12-15/h5-7,12H,3-4,8-11,13-14H2,1-2H3,(H,23,26)(H,24,28). The van der Waals surface area contributed by atoms with Crippen molar-refractivity contribution < 1.29 is 19.1 Å². The van der Waals surface area contributed by atoms with Crippen LogP contribution in [0.4, 0.5) is 4.79 Å². The largest absolute Gasteiger partial charge is 0.381 e. The van der Waals surface area contributed by atoms with Gasteiger partial charge >= 0.3 is 6.03 Å². The van der Waals surface area contributed by atoms with E-state index in [0.717, 1.165) is 27.8 Å². The van der Waals surface area contributed by atoms with E-state index in [0.29, 0.717) is 32.6 Å². The summed E-state index contributed by atoms with van der Waals surface area (Å²) >= 11 is 3.52. The Kier molecular flexibility index (Phi) is 6.63. The van der Waals surface area contributed by atoms with Gasteiger partial charge in [0, 0.05) is 29.6 Å². The van der Waals surface area contributed by atoms with Gasteiger partial charge in [-0.05, 0) is 43.4 Å². The van der Waals surface area contributed by atoms with Crippen LogP contribution in [-0.2, 0) is 19.7 Å². The number of carbonyl (C=O) groups is 3. The summed E-state index contributed by atoms with van der Waals surface area (Å²) in [6.45, 7) is 5.14. The summed E-state index contributed by atoms with van der Waals surface area (Å²) < 4.78 is 6.52. The maximum Gasteiger partial charge on any atom is 0.325 e. The van der Waals surface area contributed by atoms with Crippen molar-refractivity contribution in [3.05, 3.63) is 34.3 Å². The molecular weight excluding hydrogens is 438 g/mol. The van der Waals surface area contributed by atoms with Gasteiger partial charge in [-0.15, -0.1) is 0 Å². The van der Waals surface area contributed by atoms with E-state index in [4.69, 9.17) is 4.74 Å². The molecule has 0 aliphatic carbocycles. The Balaban J connectivity index is 1.68. The van der Waals surface area contributed by atoms with E-state index in [1.165, 1.54) is 0 Å². The first kappa shape index (κ1) is 21.8. The van der Waals surface area contributed by atoms with Crippen LogP contribution in [0.25, 0.3) is 0 Å². The van der Waals surface area contributed by atoms with Crippen molar-refractivity contribution in [2.75, 3.05) is 26.3 Å². The highest BCUT2D eigenvalue weighted by Gasteiger charge is 2.49. The van der Waals surface area contributed by atoms with E-state index in [1.54, 1.807) is 0 Å². The number of benzene rings is 1. The molecule has 0 aromatic heterocycles. The molecule has 0 spiro atoms. The van der Waals surface area contributed by atoms with E-state index in [-0.39, 0.29) is 23.8 Å². The molecule has 29 heavy (non-hydrogen) atoms. The highest BCUT2D eigenvalue weighted by molar-refractivity contribution is 9.10. The van der Waals surface area contributed by atoms with Crippen molar-refractivity contribution in [1.82, 2.24) is 15.5 Å². The molecule has 2 saturated heterocycles. The van der Waals surface area contributed by atoms with E-state index in [2.05, 4.69) is 38.7 Å². The van der Waals surface area contributed by atoms with Crippen LogP contribution in [0.5, 0.6) is 0 Å². The summed E-state index contributed by atoms with van der Waals surface area (Å²) in [5.74, 6) is -0.659. The monoisotopic (exact) mass is 465 g/mol. The fourth-order valence-corrected chi connectivity index (χ4v) is 4.56. The molecule has 2 aliphatic heterocycles. The third kappa shape index (κ3) is 4.33. The first-order valence-electron chi connectivity index (χ1n) is 10.1. The average Bonchev–Trinajstić information content (AvgIpc) is 2.97. The van der Waals surface area contributed by atoms with Gasteiger partial charge in [0.2, 0.25) is 5.91 Å². The smallest absolute Gasteiger partial charge is 0.325 e. The van der Waals surface area contributed by atoms with Crippen LogP contribution in [-0.4, -0.2) is 54.6 Å². The molecule has 158 valence electrons. The molecule has 1 aromatic rings. The summed E-state index contributed by atoms with van der Waals surface area (Å²) in [5.41, 5.74) is 0.0164. The Morgan fingerprint density at radius 1 is 1.24 bits per heavy atom. The molecular formula is C21H28BrN3O4. The van der Waals surface area contributed by atoms with Crippen LogP contribution in [0.15, 0.2) is 28.7 Å². The number of ether oxygens (including phenoxy) is 1. The van der Waals surface area contributed by atoms with E-state index in [9.17, 15) is 14.4 Å². The zero-order valence-electron chi connectivity index (χ0n) is 16.9. The number of amides is 4. The number of urea groups is 1. The van der Waals surface area contributed by atoms with Crippen molar-refractivity contribution in [3.63, 3.8) is 0 Å². The number of hydrogen-bond acceptors (Lipinski definition) is 4. The van der Waals surface area contributed by atoms with E-state index >= 15 is 0 Å². The Labute approximate surface area is 179 Å². The SMILES string of the molecule is CCC1(CC)NC(=O)N(CC(=O)NCC2(c3cccc(Br)c3)CCOCC2)C1=O. The maximum absolute atomic E-state index is 12.7. The average molecular weight is 466 g/mol. The molecule has 2 heterocycles. The number of hydrogen-bond donors (Lipinski definition) is 2. The van der Waals surface area contributed by atoms with Gasteiger partial charge in [0.15, 0.2) is 0 Å². The predicted octanol–water partition coefficient (Wildman–Crippen LogP) is 2.72. The van der Waals surface area contributed by atoms with Crippen LogP contribution < -0.4 is 10.6 Å². The summed E-state index contributed by atoms with van der Waals surface area (Å²) in [5, 5.41) is 5.71. The molecule has 0 atom stereocenters. The van der Waals surface area contributed by atoms with Crippen LogP contribution >= 0.6 is 15.9 Å². The van der Waals surface area contributed by atoms with Crippen LogP contribution in [0.3, 0.4) is 0 Å². The van der Waals surface area contributed by atoms with Crippen molar-refractivity contribution in [2.45, 2.75) is 50.5 Å². The van der Waals surface area contributed by atoms with Crippen molar-refractivity contribution in [3.8, 4) is 0 Å². The molecule has 2 fully saturated rings. The summed E-state index contributed by atoms with van der Waals surface area (Å²) in [6.07, 6.45) is 2.58. The lowest BCUT2D eigenvalue weighted by molar-refractivity contribution is -0.135. The topological polar surface area (TPSA) is 87.7 Å². The zero-order valence-corrected chi connectivity index (χ0v) is 18.5. The normalized spacial score (nSPS) is 20.4. The lowest BCUT2D eigenvalue weighted by atomic mass is 9.74. The Morgan fingerprint density at radius 3 is 2.52 bits per heavy atom. The van der Waals surface area contributed by atoms with E-state index in [1.807, 2.05) is 26.0 Å². The van der Waals surface area contributed by atoms with Crippen molar-refractivity contribution in [1.29, 1.82) is 0 Å². The van der Waals surface area contributed by atoms with Gasteiger partial charge in [0.25, 0.3) is 5.91 Å². The van der Waals surface area contributed by atoms with Crippen LogP contribution in [0, 0.1) is 0 Å². The maximum atomic E-state index is 12.7. The molecule has 0 saturated carbocycles. The van der Waals surface area contributed by atoms with Gasteiger partial charge in [-0.2, -0.15) is 0 Å². The van der Waals surface area contributed by atoms with Gasteiger partial charge in [0.05, 0.1) is 0 Å². The molecule has 0 unspecified atom stereocenters. The fraction of sp³-hybridized carbons (Fsp3) is 0.571. The second-order valence-electron chi connectivity index (χ2n) is 7.79. The van der Waals surface area contributed by atoms with Gasteiger partial charge in [-0.3, -0.25) is 14.5 Å². The highest BCUT2D eigenvalue weighted by atomic mass is 79.9. The van der Waals surface area contributed by atoms with Gasteiger partial charge in [0.1, 0.15) is 12.1 Å². The number of nitrogens with zero attached hydrogens (tertiary/aromatic N) is 1. The first-order chi connectivity index (χ1) is 13.9. The van der Waals surface area contributed by atoms with Crippen molar-refractivity contribution in [2.24, 2.45) is 0 Å². The highest BCUT2D eigenvalue weighted by Crippen LogP contribution is 2.35. The molecule has 3 rings (SSSR count). The van der Waals surface area contributed by atoms with Crippen LogP contribution in [0.2, 0.25) is 0 Å². The quantitative estimate of drug-likeness (QED) is 0.605. The third-order valence-corrected chi connectivity index (χ3v) is 6.76. The lowest BCUT2D eigenvalue weighted by Gasteiger charge is -2.38. The molecule has 1 aromatic carbocycles. The fourth-order valence-electron chi connectivity index (χ4n) is 4.16. The molecule has 0 bridgehead atoms. The number of rotatable bonds is 7. The van der Waals surface area contributed by atoms with Gasteiger partial charge < -0.3 is 15.4 Å². The first-order valence-corrected chi connectivity index (χ1v) is 10.9. The lowest BCUT2D eigenvalue weighted by Crippen LogP contribution is -2.49. The second kappa shape index (κ2) is 8.83. The summed E-state index contributed by atoms with van der Waals surface area (Å²) in [6, 6.07) is 7.60. The van der Waals surface area contributed by atoms with Gasteiger partial charge in [-0.25, -0.2) is 4.79 Å². The molecule has 0 radical (unpaired) electrons. The molecule has 2 aliphatic rings. The van der Waals surface area contributed by atoms with Gasteiger partial charge in [-0.1, -0.05) is 41.9 Å². The minimum atomic E-state index is -0.893. The number of halogens is 1. The molecule has 2 N–H and O–H groups in total. The summed E-state index contributed by atoms with van der Waals surface area (Å²) in [4.78, 5) is 38.6. The molecule has 4 amide bonds. The number of imide groups is 1. The molecule has 8 heteroatoms. The molecule has 7 nitrogen and oxygen atoms in total. The van der Waals surface area contributed by atoms with Crippen molar-refractivity contribution >= 4 is 33.8 Å².